The van der Waals surface area contributed by atoms with E-state index in [4.69, 9.17) is 0 Å². The number of hydrogen-bond acceptors (Lipinski definition) is 5. The predicted octanol–water partition coefficient (Wildman–Crippen LogP) is 0.995. The molecule has 1 fully saturated rings. The van der Waals surface area contributed by atoms with Crippen molar-refractivity contribution in [3.05, 3.63) is 20.8 Å². The lowest BCUT2D eigenvalue weighted by Crippen LogP contribution is -2.39. The summed E-state index contributed by atoms with van der Waals surface area (Å²) >= 11 is 1.28. The van der Waals surface area contributed by atoms with E-state index in [0.717, 1.165) is 12.8 Å². The van der Waals surface area contributed by atoms with Crippen LogP contribution in [0.2, 0.25) is 0 Å². The SMILES string of the molecule is CCn1c(=O)c2c(nc(SCC(=O)NC3CCCCC3)n2C)n(C)c1=O. The maximum atomic E-state index is 12.6. The van der Waals surface area contributed by atoms with E-state index in [0.29, 0.717) is 22.9 Å². The van der Waals surface area contributed by atoms with Crippen molar-refractivity contribution in [3.8, 4) is 0 Å². The smallest absolute Gasteiger partial charge is 0.332 e. The Morgan fingerprint density at radius 3 is 2.54 bits per heavy atom. The zero-order valence-corrected chi connectivity index (χ0v) is 16.3. The summed E-state index contributed by atoms with van der Waals surface area (Å²) in [6.07, 6.45) is 5.67. The molecule has 1 amide bonds. The van der Waals surface area contributed by atoms with Crippen molar-refractivity contribution in [1.29, 1.82) is 0 Å². The van der Waals surface area contributed by atoms with Crippen LogP contribution in [-0.4, -0.2) is 36.4 Å². The molecule has 0 atom stereocenters. The zero-order chi connectivity index (χ0) is 18.8. The largest absolute Gasteiger partial charge is 0.353 e. The Kier molecular flexibility index (Phi) is 5.55. The zero-order valence-electron chi connectivity index (χ0n) is 15.4. The number of aromatic nitrogens is 4. The summed E-state index contributed by atoms with van der Waals surface area (Å²) in [5.41, 5.74) is 0.000302. The molecule has 9 heteroatoms. The first-order valence-corrected chi connectivity index (χ1v) is 10.0. The highest BCUT2D eigenvalue weighted by Crippen LogP contribution is 2.21. The van der Waals surface area contributed by atoms with E-state index >= 15 is 0 Å². The highest BCUT2D eigenvalue weighted by Gasteiger charge is 2.20. The van der Waals surface area contributed by atoms with E-state index in [9.17, 15) is 14.4 Å². The molecule has 3 rings (SSSR count). The number of carbonyl (C=O) groups excluding carboxylic acids is 1. The van der Waals surface area contributed by atoms with Gasteiger partial charge in [0.05, 0.1) is 5.75 Å². The standard InChI is InChI=1S/C17H25N5O3S/c1-4-22-15(24)13-14(21(3)17(22)25)19-16(20(13)2)26-10-12(23)18-11-8-6-5-7-9-11/h11H,4-10H2,1-3H3,(H,18,23). The van der Waals surface area contributed by atoms with Crippen LogP contribution >= 0.6 is 11.8 Å². The topological polar surface area (TPSA) is 90.9 Å². The number of nitrogens with zero attached hydrogens (tertiary/aromatic N) is 4. The lowest BCUT2D eigenvalue weighted by atomic mass is 9.95. The van der Waals surface area contributed by atoms with Gasteiger partial charge < -0.3 is 9.88 Å². The Hall–Kier alpha value is -2.03. The minimum Gasteiger partial charge on any atom is -0.353 e. The lowest BCUT2D eigenvalue weighted by molar-refractivity contribution is -0.119. The van der Waals surface area contributed by atoms with Gasteiger partial charge in [0.15, 0.2) is 16.3 Å². The average molecular weight is 379 g/mol. The molecule has 0 aliphatic heterocycles. The average Bonchev–Trinajstić information content (AvgIpc) is 2.96. The molecule has 0 unspecified atom stereocenters. The summed E-state index contributed by atoms with van der Waals surface area (Å²) < 4.78 is 4.24. The number of rotatable bonds is 5. The van der Waals surface area contributed by atoms with E-state index < -0.39 is 0 Å². The molecule has 26 heavy (non-hydrogen) atoms. The molecule has 8 nitrogen and oxygen atoms in total. The molecule has 0 saturated heterocycles. The maximum absolute atomic E-state index is 12.6. The molecule has 2 aromatic rings. The first-order chi connectivity index (χ1) is 12.4. The maximum Gasteiger partial charge on any atom is 0.332 e. The Labute approximate surface area is 155 Å². The molecule has 142 valence electrons. The van der Waals surface area contributed by atoms with Gasteiger partial charge in [0.25, 0.3) is 5.56 Å². The van der Waals surface area contributed by atoms with Crippen molar-refractivity contribution >= 4 is 28.8 Å². The van der Waals surface area contributed by atoms with Crippen LogP contribution in [0.4, 0.5) is 0 Å². The summed E-state index contributed by atoms with van der Waals surface area (Å²) in [6.45, 7) is 2.06. The summed E-state index contributed by atoms with van der Waals surface area (Å²) in [5.74, 6) is 0.220. The third-order valence-electron chi connectivity index (χ3n) is 4.94. The molecule has 1 aliphatic carbocycles. The molecular formula is C17H25N5O3S. The lowest BCUT2D eigenvalue weighted by Gasteiger charge is -2.22. The third kappa shape index (κ3) is 3.44. The number of nitrogens with one attached hydrogen (secondary N) is 1. The molecule has 1 aliphatic rings. The normalized spacial score (nSPS) is 15.5. The van der Waals surface area contributed by atoms with Crippen molar-refractivity contribution in [3.63, 3.8) is 0 Å². The van der Waals surface area contributed by atoms with Gasteiger partial charge in [-0.15, -0.1) is 0 Å². The van der Waals surface area contributed by atoms with Gasteiger partial charge in [-0.2, -0.15) is 0 Å². The van der Waals surface area contributed by atoms with E-state index in [1.807, 2.05) is 0 Å². The van der Waals surface area contributed by atoms with Crippen molar-refractivity contribution < 1.29 is 4.79 Å². The highest BCUT2D eigenvalue weighted by molar-refractivity contribution is 7.99. The number of thioether (sulfide) groups is 1. The monoisotopic (exact) mass is 379 g/mol. The fourth-order valence-corrected chi connectivity index (χ4v) is 4.26. The Balaban J connectivity index is 1.80. The molecule has 1 N–H and O–H groups in total. The van der Waals surface area contributed by atoms with Gasteiger partial charge >= 0.3 is 5.69 Å². The summed E-state index contributed by atoms with van der Waals surface area (Å²) in [5, 5.41) is 3.63. The number of amides is 1. The summed E-state index contributed by atoms with van der Waals surface area (Å²) in [4.78, 5) is 41.4. The fourth-order valence-electron chi connectivity index (χ4n) is 3.48. The molecule has 0 bridgehead atoms. The minimum atomic E-state index is -0.380. The molecule has 0 radical (unpaired) electrons. The van der Waals surface area contributed by atoms with E-state index in [1.54, 1.807) is 25.6 Å². The quantitative estimate of drug-likeness (QED) is 0.783. The van der Waals surface area contributed by atoms with Crippen LogP contribution in [-0.2, 0) is 25.4 Å². The van der Waals surface area contributed by atoms with Gasteiger partial charge in [-0.05, 0) is 19.8 Å². The molecule has 2 heterocycles. The summed E-state index contributed by atoms with van der Waals surface area (Å²) in [7, 11) is 3.34. The van der Waals surface area contributed by atoms with Gasteiger partial charge in [0, 0.05) is 26.7 Å². The number of carbonyl (C=O) groups is 1. The first kappa shape index (κ1) is 18.8. The van der Waals surface area contributed by atoms with Crippen molar-refractivity contribution in [2.24, 2.45) is 14.1 Å². The van der Waals surface area contributed by atoms with Gasteiger partial charge in [-0.3, -0.25) is 18.7 Å². The Morgan fingerprint density at radius 2 is 1.88 bits per heavy atom. The third-order valence-corrected chi connectivity index (χ3v) is 5.97. The van der Waals surface area contributed by atoms with Crippen molar-refractivity contribution in [2.75, 3.05) is 5.75 Å². The van der Waals surface area contributed by atoms with Crippen LogP contribution in [0.25, 0.3) is 11.2 Å². The van der Waals surface area contributed by atoms with Crippen molar-refractivity contribution in [2.45, 2.75) is 56.8 Å². The van der Waals surface area contributed by atoms with Crippen LogP contribution in [0, 0.1) is 0 Å². The predicted molar refractivity (Wildman–Crippen MR) is 102 cm³/mol. The van der Waals surface area contributed by atoms with Gasteiger partial charge in [-0.25, -0.2) is 9.78 Å². The summed E-state index contributed by atoms with van der Waals surface area (Å²) in [6, 6.07) is 0.273. The minimum absolute atomic E-state index is 0.0196. The second-order valence-corrected chi connectivity index (χ2v) is 7.65. The van der Waals surface area contributed by atoms with E-state index in [2.05, 4.69) is 10.3 Å². The molecule has 1 saturated carbocycles. The second-order valence-electron chi connectivity index (χ2n) is 6.71. The second kappa shape index (κ2) is 7.69. The Bertz CT molecular complexity index is 936. The van der Waals surface area contributed by atoms with Crippen LogP contribution in [0.1, 0.15) is 39.0 Å². The van der Waals surface area contributed by atoms with Gasteiger partial charge in [0.2, 0.25) is 5.91 Å². The van der Waals surface area contributed by atoms with Crippen LogP contribution in [0.3, 0.4) is 0 Å². The molecule has 0 spiro atoms. The molecule has 2 aromatic heterocycles. The van der Waals surface area contributed by atoms with Gasteiger partial charge in [0.1, 0.15) is 0 Å². The van der Waals surface area contributed by atoms with E-state index in [1.165, 1.54) is 40.2 Å². The number of hydrogen-bond donors (Lipinski definition) is 1. The Morgan fingerprint density at radius 1 is 1.19 bits per heavy atom. The van der Waals surface area contributed by atoms with Crippen molar-refractivity contribution in [1.82, 2.24) is 24.0 Å². The molecule has 0 aromatic carbocycles. The van der Waals surface area contributed by atoms with Crippen LogP contribution in [0.5, 0.6) is 0 Å². The van der Waals surface area contributed by atoms with Gasteiger partial charge in [-0.1, -0.05) is 31.0 Å². The highest BCUT2D eigenvalue weighted by atomic mass is 32.2. The van der Waals surface area contributed by atoms with Crippen LogP contribution in [0.15, 0.2) is 14.7 Å². The van der Waals surface area contributed by atoms with E-state index in [-0.39, 0.29) is 29.0 Å². The van der Waals surface area contributed by atoms with Crippen LogP contribution < -0.4 is 16.6 Å². The number of fused-ring (bicyclic) bond motifs is 1. The first-order valence-electron chi connectivity index (χ1n) is 9.02. The number of aryl methyl sites for hydroxylation is 2. The number of imidazole rings is 1. The molecular weight excluding hydrogens is 354 g/mol. The fraction of sp³-hybridized carbons (Fsp3) is 0.647.